The van der Waals surface area contributed by atoms with Gasteiger partial charge in [-0.3, -0.25) is 4.79 Å². The van der Waals surface area contributed by atoms with E-state index in [9.17, 15) is 4.79 Å². The summed E-state index contributed by atoms with van der Waals surface area (Å²) < 4.78 is 11.6. The van der Waals surface area contributed by atoms with Crippen LogP contribution in [0.1, 0.15) is 44.0 Å². The molecule has 1 saturated carbocycles. The number of hydrogen-bond donors (Lipinski definition) is 1. The summed E-state index contributed by atoms with van der Waals surface area (Å²) in [6.45, 7) is 5.86. The van der Waals surface area contributed by atoms with Crippen molar-refractivity contribution in [3.8, 4) is 11.5 Å². The van der Waals surface area contributed by atoms with E-state index in [4.69, 9.17) is 9.47 Å². The number of rotatable bonds is 4. The standard InChI is InChI=1S/C15H21NO3/c1-15(2,3)19-13-9-11(18-10-5-6-10)7-8-12(13)14(17)16-4/h7-10H,5-6H2,1-4H3,(H,16,17). The van der Waals surface area contributed by atoms with Crippen molar-refractivity contribution in [1.82, 2.24) is 5.32 Å². The molecule has 0 saturated heterocycles. The van der Waals surface area contributed by atoms with Crippen LogP contribution in [-0.2, 0) is 0 Å². The third-order valence-electron chi connectivity index (χ3n) is 2.67. The van der Waals surface area contributed by atoms with Gasteiger partial charge in [-0.25, -0.2) is 0 Å². The first kappa shape index (κ1) is 13.7. The molecule has 0 radical (unpaired) electrons. The Morgan fingerprint density at radius 1 is 1.32 bits per heavy atom. The fraction of sp³-hybridized carbons (Fsp3) is 0.533. The van der Waals surface area contributed by atoms with Crippen LogP contribution in [0.15, 0.2) is 18.2 Å². The van der Waals surface area contributed by atoms with Crippen LogP contribution in [0.5, 0.6) is 11.5 Å². The highest BCUT2D eigenvalue weighted by molar-refractivity contribution is 5.97. The van der Waals surface area contributed by atoms with Gasteiger partial charge >= 0.3 is 0 Å². The molecule has 0 aliphatic heterocycles. The van der Waals surface area contributed by atoms with Gasteiger partial charge in [0.25, 0.3) is 5.91 Å². The van der Waals surface area contributed by atoms with Crippen LogP contribution < -0.4 is 14.8 Å². The Bertz CT molecular complexity index is 473. The number of carbonyl (C=O) groups excluding carboxylic acids is 1. The van der Waals surface area contributed by atoms with E-state index in [0.717, 1.165) is 18.6 Å². The molecule has 0 heterocycles. The highest BCUT2D eigenvalue weighted by Gasteiger charge is 2.25. The minimum Gasteiger partial charge on any atom is -0.490 e. The van der Waals surface area contributed by atoms with Crippen molar-refractivity contribution in [2.45, 2.75) is 45.3 Å². The van der Waals surface area contributed by atoms with Gasteiger partial charge < -0.3 is 14.8 Å². The Morgan fingerprint density at radius 2 is 2.00 bits per heavy atom. The van der Waals surface area contributed by atoms with Crippen LogP contribution in [0.2, 0.25) is 0 Å². The molecule has 0 bridgehead atoms. The average molecular weight is 263 g/mol. The fourth-order valence-electron chi connectivity index (χ4n) is 1.69. The van der Waals surface area contributed by atoms with Crippen LogP contribution in [0.3, 0.4) is 0 Å². The first-order valence-corrected chi connectivity index (χ1v) is 6.61. The van der Waals surface area contributed by atoms with Gasteiger partial charge in [0.1, 0.15) is 17.1 Å². The van der Waals surface area contributed by atoms with Crippen LogP contribution >= 0.6 is 0 Å². The number of carbonyl (C=O) groups is 1. The van der Waals surface area contributed by atoms with Gasteiger partial charge in [-0.05, 0) is 45.7 Å². The van der Waals surface area contributed by atoms with E-state index >= 15 is 0 Å². The van der Waals surface area contributed by atoms with Gasteiger partial charge in [-0.2, -0.15) is 0 Å². The second kappa shape index (κ2) is 5.11. The normalized spacial score (nSPS) is 14.9. The van der Waals surface area contributed by atoms with Crippen LogP contribution in [0.25, 0.3) is 0 Å². The predicted octanol–water partition coefficient (Wildman–Crippen LogP) is 2.76. The molecular formula is C15H21NO3. The quantitative estimate of drug-likeness (QED) is 0.908. The summed E-state index contributed by atoms with van der Waals surface area (Å²) in [6.07, 6.45) is 2.53. The molecule has 0 aromatic heterocycles. The van der Waals surface area contributed by atoms with Crippen molar-refractivity contribution >= 4 is 5.91 Å². The molecule has 1 aliphatic rings. The second-order valence-electron chi connectivity index (χ2n) is 5.77. The molecule has 1 aliphatic carbocycles. The minimum atomic E-state index is -0.360. The lowest BCUT2D eigenvalue weighted by molar-refractivity contribution is 0.0941. The molecule has 1 fully saturated rings. The average Bonchev–Trinajstić information content (AvgIpc) is 3.10. The summed E-state index contributed by atoms with van der Waals surface area (Å²) in [5, 5.41) is 2.62. The molecule has 4 heteroatoms. The topological polar surface area (TPSA) is 47.6 Å². The second-order valence-corrected chi connectivity index (χ2v) is 5.77. The van der Waals surface area contributed by atoms with Crippen molar-refractivity contribution < 1.29 is 14.3 Å². The van der Waals surface area contributed by atoms with Crippen LogP contribution in [0.4, 0.5) is 0 Å². The monoisotopic (exact) mass is 263 g/mol. The molecule has 1 aromatic rings. The van der Waals surface area contributed by atoms with E-state index in [-0.39, 0.29) is 11.5 Å². The maximum atomic E-state index is 11.8. The molecule has 1 aromatic carbocycles. The molecule has 4 nitrogen and oxygen atoms in total. The fourth-order valence-corrected chi connectivity index (χ4v) is 1.69. The van der Waals surface area contributed by atoms with Crippen LogP contribution in [0, 0.1) is 0 Å². The van der Waals surface area contributed by atoms with Crippen molar-refractivity contribution in [3.05, 3.63) is 23.8 Å². The highest BCUT2D eigenvalue weighted by Crippen LogP contribution is 2.32. The Hall–Kier alpha value is -1.71. The van der Waals surface area contributed by atoms with Crippen molar-refractivity contribution in [2.24, 2.45) is 0 Å². The van der Waals surface area contributed by atoms with E-state index in [1.807, 2.05) is 26.8 Å². The third-order valence-corrected chi connectivity index (χ3v) is 2.67. The van der Waals surface area contributed by atoms with Gasteiger partial charge in [-0.15, -0.1) is 0 Å². The smallest absolute Gasteiger partial charge is 0.254 e. The van der Waals surface area contributed by atoms with Gasteiger partial charge in [0.15, 0.2) is 0 Å². The molecule has 0 spiro atoms. The zero-order valence-electron chi connectivity index (χ0n) is 11.9. The summed E-state index contributed by atoms with van der Waals surface area (Å²) in [5.41, 5.74) is 0.168. The van der Waals surface area contributed by atoms with Crippen molar-refractivity contribution in [1.29, 1.82) is 0 Å². The Kier molecular flexibility index (Phi) is 3.69. The summed E-state index contributed by atoms with van der Waals surface area (Å²) in [6, 6.07) is 5.37. The predicted molar refractivity (Wildman–Crippen MR) is 73.9 cm³/mol. The van der Waals surface area contributed by atoms with E-state index in [2.05, 4.69) is 5.32 Å². The van der Waals surface area contributed by atoms with E-state index < -0.39 is 0 Å². The summed E-state index contributed by atoms with van der Waals surface area (Å²) >= 11 is 0. The van der Waals surface area contributed by atoms with E-state index in [1.165, 1.54) is 0 Å². The van der Waals surface area contributed by atoms with Gasteiger partial charge in [0.2, 0.25) is 0 Å². The molecule has 104 valence electrons. The maximum Gasteiger partial charge on any atom is 0.254 e. The number of hydrogen-bond acceptors (Lipinski definition) is 3. The number of benzene rings is 1. The largest absolute Gasteiger partial charge is 0.490 e. The maximum absolute atomic E-state index is 11.8. The Morgan fingerprint density at radius 3 is 2.53 bits per heavy atom. The molecule has 1 N–H and O–H groups in total. The van der Waals surface area contributed by atoms with Crippen molar-refractivity contribution in [2.75, 3.05) is 7.05 Å². The third kappa shape index (κ3) is 3.88. The van der Waals surface area contributed by atoms with Crippen molar-refractivity contribution in [3.63, 3.8) is 0 Å². The first-order valence-electron chi connectivity index (χ1n) is 6.61. The molecule has 1 amide bonds. The van der Waals surface area contributed by atoms with E-state index in [1.54, 1.807) is 19.2 Å². The number of nitrogens with one attached hydrogen (secondary N) is 1. The molecule has 0 atom stereocenters. The minimum absolute atomic E-state index is 0.155. The van der Waals surface area contributed by atoms with Crippen LogP contribution in [-0.4, -0.2) is 24.7 Å². The Labute approximate surface area is 114 Å². The Balaban J connectivity index is 2.28. The number of ether oxygens (including phenoxy) is 2. The molecule has 19 heavy (non-hydrogen) atoms. The van der Waals surface area contributed by atoms with E-state index in [0.29, 0.717) is 17.4 Å². The molecular weight excluding hydrogens is 242 g/mol. The zero-order valence-corrected chi connectivity index (χ0v) is 11.9. The lowest BCUT2D eigenvalue weighted by atomic mass is 10.1. The summed E-state index contributed by atoms with van der Waals surface area (Å²) in [7, 11) is 1.61. The van der Waals surface area contributed by atoms with Gasteiger partial charge in [0.05, 0.1) is 11.7 Å². The lowest BCUT2D eigenvalue weighted by Crippen LogP contribution is -2.26. The SMILES string of the molecule is CNC(=O)c1ccc(OC2CC2)cc1OC(C)(C)C. The molecule has 0 unspecified atom stereocenters. The highest BCUT2D eigenvalue weighted by atomic mass is 16.5. The number of amides is 1. The first-order chi connectivity index (χ1) is 8.89. The summed E-state index contributed by atoms with van der Waals surface area (Å²) in [4.78, 5) is 11.8. The summed E-state index contributed by atoms with van der Waals surface area (Å²) in [5.74, 6) is 1.16. The van der Waals surface area contributed by atoms with Gasteiger partial charge in [-0.1, -0.05) is 0 Å². The molecule has 2 rings (SSSR count). The zero-order chi connectivity index (χ0) is 14.0. The lowest BCUT2D eigenvalue weighted by Gasteiger charge is -2.23. The van der Waals surface area contributed by atoms with Gasteiger partial charge in [0, 0.05) is 13.1 Å².